The van der Waals surface area contributed by atoms with E-state index in [0.29, 0.717) is 30.6 Å². The summed E-state index contributed by atoms with van der Waals surface area (Å²) >= 11 is 5.93. The molecule has 2 heterocycles. The van der Waals surface area contributed by atoms with Crippen LogP contribution in [0.1, 0.15) is 12.5 Å². The van der Waals surface area contributed by atoms with Gasteiger partial charge >= 0.3 is 0 Å². The van der Waals surface area contributed by atoms with Gasteiger partial charge in [-0.2, -0.15) is 5.10 Å². The molecule has 1 atom stereocenters. The van der Waals surface area contributed by atoms with Crippen LogP contribution in [0.5, 0.6) is 0 Å². The number of nitrogens with zero attached hydrogens (tertiary/aromatic N) is 5. The fraction of sp³-hybridized carbons (Fsp3) is 0.450. The Morgan fingerprint density at radius 1 is 1.31 bits per heavy atom. The van der Waals surface area contributed by atoms with Crippen molar-refractivity contribution < 1.29 is 4.79 Å². The highest BCUT2D eigenvalue weighted by Crippen LogP contribution is 2.13. The maximum atomic E-state index is 12.6. The number of aliphatic imine (C=N–C) groups is 1. The molecule has 0 radical (unpaired) electrons. The van der Waals surface area contributed by atoms with Gasteiger partial charge in [0.1, 0.15) is 0 Å². The molecule has 1 saturated heterocycles. The third kappa shape index (κ3) is 6.88. The Kier molecular flexibility index (Phi) is 9.22. The Morgan fingerprint density at radius 2 is 2.07 bits per heavy atom. The minimum Gasteiger partial charge on any atom is -0.356 e. The molecule has 3 rings (SSSR count). The van der Waals surface area contributed by atoms with Gasteiger partial charge in [-0.1, -0.05) is 30.7 Å². The lowest BCUT2D eigenvalue weighted by atomic mass is 10.2. The number of halogens is 2. The van der Waals surface area contributed by atoms with Crippen LogP contribution < -0.4 is 5.32 Å². The van der Waals surface area contributed by atoms with E-state index in [-0.39, 0.29) is 29.9 Å². The van der Waals surface area contributed by atoms with E-state index < -0.39 is 0 Å². The van der Waals surface area contributed by atoms with Gasteiger partial charge in [0, 0.05) is 57.2 Å². The first kappa shape index (κ1) is 23.5. The zero-order valence-electron chi connectivity index (χ0n) is 16.8. The van der Waals surface area contributed by atoms with E-state index in [1.165, 1.54) is 0 Å². The summed E-state index contributed by atoms with van der Waals surface area (Å²) in [7, 11) is 1.76. The Morgan fingerprint density at radius 3 is 2.69 bits per heavy atom. The first-order valence-electron chi connectivity index (χ1n) is 9.50. The zero-order valence-corrected chi connectivity index (χ0v) is 19.9. The molecule has 0 spiro atoms. The van der Waals surface area contributed by atoms with E-state index in [1.54, 1.807) is 13.2 Å². The Balaban J connectivity index is 0.00000300. The van der Waals surface area contributed by atoms with E-state index >= 15 is 0 Å². The van der Waals surface area contributed by atoms with E-state index in [9.17, 15) is 4.79 Å². The highest BCUT2D eigenvalue weighted by atomic mass is 127. The largest absolute Gasteiger partial charge is 0.356 e. The molecule has 29 heavy (non-hydrogen) atoms. The fourth-order valence-corrected chi connectivity index (χ4v) is 3.38. The summed E-state index contributed by atoms with van der Waals surface area (Å²) in [6.07, 6.45) is 3.75. The van der Waals surface area contributed by atoms with Crippen molar-refractivity contribution in [1.82, 2.24) is 24.9 Å². The molecule has 1 amide bonds. The van der Waals surface area contributed by atoms with Crippen LogP contribution in [0.15, 0.2) is 47.7 Å². The predicted molar refractivity (Wildman–Crippen MR) is 127 cm³/mol. The quantitative estimate of drug-likeness (QED) is 0.354. The number of nitrogens with one attached hydrogen (secondary N) is 1. The van der Waals surface area contributed by atoms with Crippen molar-refractivity contribution in [1.29, 1.82) is 0 Å². The number of piperazine rings is 1. The van der Waals surface area contributed by atoms with Crippen molar-refractivity contribution in [3.8, 4) is 0 Å². The maximum Gasteiger partial charge on any atom is 0.242 e. The number of hydrogen-bond acceptors (Lipinski definition) is 3. The van der Waals surface area contributed by atoms with Crippen LogP contribution in [0.2, 0.25) is 5.02 Å². The second kappa shape index (κ2) is 11.4. The van der Waals surface area contributed by atoms with Crippen LogP contribution in [0.4, 0.5) is 0 Å². The molecule has 1 aromatic heterocycles. The molecule has 1 N–H and O–H groups in total. The monoisotopic (exact) mass is 530 g/mol. The Hall–Kier alpha value is -1.81. The van der Waals surface area contributed by atoms with E-state index in [0.717, 1.165) is 31.2 Å². The molecule has 158 valence electrons. The van der Waals surface area contributed by atoms with Crippen molar-refractivity contribution in [2.45, 2.75) is 20.0 Å². The predicted octanol–water partition coefficient (Wildman–Crippen LogP) is 2.71. The Bertz CT molecular complexity index is 796. The number of aromatic nitrogens is 2. The van der Waals surface area contributed by atoms with Crippen LogP contribution >= 0.6 is 35.6 Å². The Labute approximate surface area is 194 Å². The maximum absolute atomic E-state index is 12.6. The van der Waals surface area contributed by atoms with Crippen molar-refractivity contribution in [3.05, 3.63) is 53.3 Å². The minimum absolute atomic E-state index is 0. The lowest BCUT2D eigenvalue weighted by molar-refractivity contribution is -0.135. The molecule has 0 aliphatic carbocycles. The van der Waals surface area contributed by atoms with Gasteiger partial charge in [-0.25, -0.2) is 0 Å². The lowest BCUT2D eigenvalue weighted by Gasteiger charge is -2.36. The van der Waals surface area contributed by atoms with Gasteiger partial charge in [-0.3, -0.25) is 14.5 Å². The van der Waals surface area contributed by atoms with Crippen LogP contribution in [-0.4, -0.2) is 64.7 Å². The van der Waals surface area contributed by atoms with Crippen molar-refractivity contribution in [3.63, 3.8) is 0 Å². The van der Waals surface area contributed by atoms with Gasteiger partial charge in [0.15, 0.2) is 5.96 Å². The number of carbonyl (C=O) groups is 1. The molecule has 0 saturated carbocycles. The van der Waals surface area contributed by atoms with Gasteiger partial charge in [0.2, 0.25) is 5.91 Å². The van der Waals surface area contributed by atoms with Gasteiger partial charge in [0.05, 0.1) is 6.54 Å². The van der Waals surface area contributed by atoms with Gasteiger partial charge in [-0.15, -0.1) is 24.0 Å². The van der Waals surface area contributed by atoms with Gasteiger partial charge < -0.3 is 15.1 Å². The number of hydrogen-bond donors (Lipinski definition) is 1. The molecule has 1 unspecified atom stereocenters. The van der Waals surface area contributed by atoms with E-state index in [1.807, 2.05) is 51.0 Å². The molecule has 2 aromatic rings. The van der Waals surface area contributed by atoms with E-state index in [4.69, 9.17) is 11.6 Å². The third-order valence-electron chi connectivity index (χ3n) is 4.78. The molecule has 1 aliphatic rings. The standard InChI is InChI=1S/C20H27ClN6O.HI/c1-16(13-27-9-3-8-24-27)12-23-20(22-2)26-11-10-25(19(28)15-26)14-17-4-6-18(21)7-5-17;/h3-9,16H,10-15H2,1-2H3,(H,22,23);1H. The normalized spacial score (nSPS) is 15.8. The fourth-order valence-electron chi connectivity index (χ4n) is 3.26. The molecular formula is C20H28ClIN6O. The first-order valence-corrected chi connectivity index (χ1v) is 9.88. The molecular weight excluding hydrogens is 503 g/mol. The number of guanidine groups is 1. The number of amides is 1. The van der Waals surface area contributed by atoms with Crippen LogP contribution in [0, 0.1) is 5.92 Å². The summed E-state index contributed by atoms with van der Waals surface area (Å²) in [6, 6.07) is 9.56. The van der Waals surface area contributed by atoms with Crippen molar-refractivity contribution in [2.75, 3.05) is 33.2 Å². The van der Waals surface area contributed by atoms with E-state index in [2.05, 4.69) is 22.3 Å². The van der Waals surface area contributed by atoms with Crippen molar-refractivity contribution >= 4 is 47.4 Å². The molecule has 1 aromatic carbocycles. The molecule has 1 aliphatic heterocycles. The third-order valence-corrected chi connectivity index (χ3v) is 5.04. The summed E-state index contributed by atoms with van der Waals surface area (Å²) in [5.41, 5.74) is 1.08. The summed E-state index contributed by atoms with van der Waals surface area (Å²) in [6.45, 7) is 6.14. The summed E-state index contributed by atoms with van der Waals surface area (Å²) in [4.78, 5) is 20.9. The highest BCUT2D eigenvalue weighted by Gasteiger charge is 2.26. The zero-order chi connectivity index (χ0) is 19.9. The molecule has 7 nitrogen and oxygen atoms in total. The first-order chi connectivity index (χ1) is 13.5. The summed E-state index contributed by atoms with van der Waals surface area (Å²) in [5.74, 6) is 1.26. The molecule has 1 fully saturated rings. The SMILES string of the molecule is CN=C(NCC(C)Cn1cccn1)N1CCN(Cc2ccc(Cl)cc2)C(=O)C1.I. The average molecular weight is 531 g/mol. The lowest BCUT2D eigenvalue weighted by Crippen LogP contribution is -2.55. The van der Waals surface area contributed by atoms with Crippen molar-refractivity contribution in [2.24, 2.45) is 10.9 Å². The highest BCUT2D eigenvalue weighted by molar-refractivity contribution is 14.0. The number of benzene rings is 1. The van der Waals surface area contributed by atoms with Crippen LogP contribution in [0.25, 0.3) is 0 Å². The van der Waals surface area contributed by atoms with Crippen LogP contribution in [-0.2, 0) is 17.9 Å². The smallest absolute Gasteiger partial charge is 0.242 e. The summed E-state index contributed by atoms with van der Waals surface area (Å²) < 4.78 is 1.92. The molecule has 9 heteroatoms. The average Bonchev–Trinajstić information content (AvgIpc) is 3.19. The number of carbonyl (C=O) groups excluding carboxylic acids is 1. The summed E-state index contributed by atoms with van der Waals surface area (Å²) in [5, 5.41) is 8.34. The molecule has 0 bridgehead atoms. The number of rotatable bonds is 6. The van der Waals surface area contributed by atoms with Crippen LogP contribution in [0.3, 0.4) is 0 Å². The topological polar surface area (TPSA) is 65.8 Å². The second-order valence-corrected chi connectivity index (χ2v) is 7.56. The minimum atomic E-state index is 0. The van der Waals surface area contributed by atoms with Gasteiger partial charge in [-0.05, 0) is 29.7 Å². The second-order valence-electron chi connectivity index (χ2n) is 7.12. The van der Waals surface area contributed by atoms with Gasteiger partial charge in [0.25, 0.3) is 0 Å².